The zero-order valence-corrected chi connectivity index (χ0v) is 12.5. The Morgan fingerprint density at radius 1 is 1.19 bits per heavy atom. The van der Waals surface area contributed by atoms with E-state index in [1.54, 1.807) is 32.0 Å². The van der Waals surface area contributed by atoms with Gasteiger partial charge in [-0.15, -0.1) is 0 Å². The van der Waals surface area contributed by atoms with Gasteiger partial charge in [0.25, 0.3) is 5.91 Å². The summed E-state index contributed by atoms with van der Waals surface area (Å²) in [6, 6.07) is 6.59. The van der Waals surface area contributed by atoms with Crippen molar-refractivity contribution in [2.24, 2.45) is 5.92 Å². The van der Waals surface area contributed by atoms with Gasteiger partial charge in [-0.05, 0) is 32.9 Å². The maximum Gasteiger partial charge on any atom is 0.308 e. The van der Waals surface area contributed by atoms with Crippen LogP contribution in [0.3, 0.4) is 0 Å². The van der Waals surface area contributed by atoms with Gasteiger partial charge in [-0.2, -0.15) is 0 Å². The van der Waals surface area contributed by atoms with Crippen molar-refractivity contribution in [1.82, 2.24) is 5.32 Å². The van der Waals surface area contributed by atoms with Crippen molar-refractivity contribution in [3.8, 4) is 11.5 Å². The smallest absolute Gasteiger partial charge is 0.308 e. The lowest BCUT2D eigenvalue weighted by Gasteiger charge is -2.18. The Kier molecular flexibility index (Phi) is 6.52. The van der Waals surface area contributed by atoms with Gasteiger partial charge in [-0.25, -0.2) is 0 Å². The normalized spacial score (nSPS) is 13.1. The van der Waals surface area contributed by atoms with Crippen molar-refractivity contribution in [3.05, 3.63) is 24.3 Å². The van der Waals surface area contributed by atoms with Crippen molar-refractivity contribution in [2.45, 2.75) is 26.8 Å². The molecule has 1 aromatic rings. The number of carbonyl (C=O) groups is 2. The third kappa shape index (κ3) is 5.33. The number of benzene rings is 1. The topological polar surface area (TPSA) is 84.9 Å². The van der Waals surface area contributed by atoms with Crippen LogP contribution in [0.25, 0.3) is 0 Å². The summed E-state index contributed by atoms with van der Waals surface area (Å²) in [4.78, 5) is 22.6. The first kappa shape index (κ1) is 16.8. The fraction of sp³-hybridized carbons (Fsp3) is 0.467. The fourth-order valence-electron chi connectivity index (χ4n) is 1.62. The molecule has 2 atom stereocenters. The highest BCUT2D eigenvalue weighted by Crippen LogP contribution is 2.26. The monoisotopic (exact) mass is 295 g/mol. The number of ether oxygens (including phenoxy) is 2. The van der Waals surface area contributed by atoms with Gasteiger partial charge in [0.1, 0.15) is 0 Å². The summed E-state index contributed by atoms with van der Waals surface area (Å²) in [5.41, 5.74) is 0. The molecule has 1 aromatic carbocycles. The van der Waals surface area contributed by atoms with E-state index in [-0.39, 0.29) is 12.5 Å². The highest BCUT2D eigenvalue weighted by atomic mass is 16.5. The van der Waals surface area contributed by atoms with Gasteiger partial charge in [-0.3, -0.25) is 9.59 Å². The van der Waals surface area contributed by atoms with Crippen molar-refractivity contribution >= 4 is 11.9 Å². The van der Waals surface area contributed by atoms with E-state index in [9.17, 15) is 9.59 Å². The molecule has 1 rings (SSSR count). The molecule has 0 radical (unpaired) electrons. The molecule has 0 bridgehead atoms. The van der Waals surface area contributed by atoms with Crippen LogP contribution in [0.1, 0.15) is 20.8 Å². The molecule has 0 aromatic heterocycles. The Morgan fingerprint density at radius 3 is 2.29 bits per heavy atom. The number of para-hydroxylation sites is 2. The molecule has 0 fully saturated rings. The number of carboxylic acid groups (broad SMARTS) is 1. The number of hydrogen-bond acceptors (Lipinski definition) is 4. The lowest BCUT2D eigenvalue weighted by Crippen LogP contribution is -2.42. The first-order chi connectivity index (χ1) is 9.95. The Labute approximate surface area is 124 Å². The minimum atomic E-state index is -0.953. The summed E-state index contributed by atoms with van der Waals surface area (Å²) in [5, 5.41) is 11.5. The van der Waals surface area contributed by atoms with E-state index in [0.717, 1.165) is 0 Å². The predicted molar refractivity (Wildman–Crippen MR) is 77.5 cm³/mol. The molecule has 0 saturated heterocycles. The number of amides is 1. The zero-order chi connectivity index (χ0) is 15.8. The van der Waals surface area contributed by atoms with Crippen LogP contribution < -0.4 is 14.8 Å². The summed E-state index contributed by atoms with van der Waals surface area (Å²) in [7, 11) is 0. The van der Waals surface area contributed by atoms with Crippen LogP contribution in [0.15, 0.2) is 24.3 Å². The maximum atomic E-state index is 11.8. The Morgan fingerprint density at radius 2 is 1.76 bits per heavy atom. The Bertz CT molecular complexity index is 489. The highest BCUT2D eigenvalue weighted by Gasteiger charge is 2.21. The van der Waals surface area contributed by atoms with Crippen molar-refractivity contribution < 1.29 is 24.2 Å². The molecule has 0 saturated carbocycles. The molecule has 0 spiro atoms. The predicted octanol–water partition coefficient (Wildman–Crippen LogP) is 1.69. The quantitative estimate of drug-likeness (QED) is 0.762. The molecule has 0 aliphatic carbocycles. The van der Waals surface area contributed by atoms with E-state index < -0.39 is 17.9 Å². The highest BCUT2D eigenvalue weighted by molar-refractivity contribution is 5.79. The van der Waals surface area contributed by atoms with E-state index in [2.05, 4.69) is 5.32 Å². The molecule has 21 heavy (non-hydrogen) atoms. The van der Waals surface area contributed by atoms with E-state index in [4.69, 9.17) is 14.6 Å². The average molecular weight is 295 g/mol. The molecular formula is C15H21NO5. The zero-order valence-electron chi connectivity index (χ0n) is 12.5. The first-order valence-corrected chi connectivity index (χ1v) is 6.82. The summed E-state index contributed by atoms with van der Waals surface area (Å²) in [6.45, 7) is 5.35. The van der Waals surface area contributed by atoms with Gasteiger partial charge < -0.3 is 19.9 Å². The first-order valence-electron chi connectivity index (χ1n) is 6.82. The summed E-state index contributed by atoms with van der Waals surface area (Å²) in [5.74, 6) is -0.940. The third-order valence-corrected chi connectivity index (χ3v) is 3.04. The van der Waals surface area contributed by atoms with Gasteiger partial charge in [0.15, 0.2) is 18.1 Å². The maximum absolute atomic E-state index is 11.8. The van der Waals surface area contributed by atoms with E-state index in [0.29, 0.717) is 18.1 Å². The molecule has 0 heterocycles. The van der Waals surface area contributed by atoms with Crippen molar-refractivity contribution in [3.63, 3.8) is 0 Å². The van der Waals surface area contributed by atoms with Crippen LogP contribution in [0, 0.1) is 5.92 Å². The standard InChI is InChI=1S/C15H21NO5/c1-4-20-12-7-5-6-8-13(12)21-9-14(17)16-11(3)10(2)15(18)19/h5-8,10-11H,4,9H2,1-3H3,(H,16,17)(H,18,19). The Hall–Kier alpha value is -2.24. The number of rotatable bonds is 8. The minimum absolute atomic E-state index is 0.194. The molecule has 1 amide bonds. The van der Waals surface area contributed by atoms with Crippen LogP contribution >= 0.6 is 0 Å². The molecule has 6 nitrogen and oxygen atoms in total. The molecule has 2 N–H and O–H groups in total. The van der Waals surface area contributed by atoms with E-state index in [1.807, 2.05) is 13.0 Å². The molecule has 116 valence electrons. The molecule has 0 aliphatic rings. The molecule has 6 heteroatoms. The van der Waals surface area contributed by atoms with E-state index in [1.165, 1.54) is 0 Å². The number of aliphatic carboxylic acids is 1. The second kappa shape index (κ2) is 8.14. The van der Waals surface area contributed by atoms with Gasteiger partial charge in [-0.1, -0.05) is 12.1 Å². The van der Waals surface area contributed by atoms with Crippen LogP contribution in [0.5, 0.6) is 11.5 Å². The van der Waals surface area contributed by atoms with Gasteiger partial charge in [0.2, 0.25) is 0 Å². The number of carboxylic acids is 1. The fourth-order valence-corrected chi connectivity index (χ4v) is 1.62. The number of nitrogens with one attached hydrogen (secondary N) is 1. The third-order valence-electron chi connectivity index (χ3n) is 3.04. The molecule has 0 aliphatic heterocycles. The lowest BCUT2D eigenvalue weighted by atomic mass is 10.0. The van der Waals surface area contributed by atoms with Gasteiger partial charge in [0.05, 0.1) is 12.5 Å². The van der Waals surface area contributed by atoms with Crippen molar-refractivity contribution in [1.29, 1.82) is 0 Å². The van der Waals surface area contributed by atoms with Crippen molar-refractivity contribution in [2.75, 3.05) is 13.2 Å². The summed E-state index contributed by atoms with van der Waals surface area (Å²) < 4.78 is 10.8. The van der Waals surface area contributed by atoms with Crippen LogP contribution in [0.4, 0.5) is 0 Å². The van der Waals surface area contributed by atoms with Crippen LogP contribution in [0.2, 0.25) is 0 Å². The summed E-state index contributed by atoms with van der Waals surface area (Å²) >= 11 is 0. The second-order valence-electron chi connectivity index (χ2n) is 4.65. The van der Waals surface area contributed by atoms with Gasteiger partial charge >= 0.3 is 5.97 Å². The lowest BCUT2D eigenvalue weighted by molar-refractivity contribution is -0.142. The SMILES string of the molecule is CCOc1ccccc1OCC(=O)NC(C)C(C)C(=O)O. The second-order valence-corrected chi connectivity index (χ2v) is 4.65. The van der Waals surface area contributed by atoms with Crippen LogP contribution in [-0.2, 0) is 9.59 Å². The minimum Gasteiger partial charge on any atom is -0.490 e. The van der Waals surface area contributed by atoms with E-state index >= 15 is 0 Å². The van der Waals surface area contributed by atoms with Crippen LogP contribution in [-0.4, -0.2) is 36.2 Å². The largest absolute Gasteiger partial charge is 0.490 e. The number of hydrogen-bond donors (Lipinski definition) is 2. The number of carbonyl (C=O) groups excluding carboxylic acids is 1. The summed E-state index contributed by atoms with van der Waals surface area (Å²) in [6.07, 6.45) is 0. The molecular weight excluding hydrogens is 274 g/mol. The van der Waals surface area contributed by atoms with Gasteiger partial charge in [0, 0.05) is 6.04 Å². The molecule has 2 unspecified atom stereocenters. The Balaban J connectivity index is 2.52. The average Bonchev–Trinajstić information content (AvgIpc) is 2.45.